The molecule has 0 spiro atoms. The zero-order valence-electron chi connectivity index (χ0n) is 15.8. The Morgan fingerprint density at radius 1 is 1.00 bits per heavy atom. The van der Waals surface area contributed by atoms with Crippen LogP contribution in [0, 0.1) is 22.7 Å². The van der Waals surface area contributed by atoms with E-state index in [1.165, 1.54) is 6.08 Å². The fourth-order valence-electron chi connectivity index (χ4n) is 2.62. The second-order valence-electron chi connectivity index (χ2n) is 6.26. The van der Waals surface area contributed by atoms with Crippen LogP contribution in [0.4, 0.5) is 5.69 Å². The van der Waals surface area contributed by atoms with Crippen molar-refractivity contribution in [1.29, 1.82) is 10.5 Å². The van der Waals surface area contributed by atoms with Crippen molar-refractivity contribution in [3.63, 3.8) is 0 Å². The zero-order chi connectivity index (χ0) is 21.3. The molecular formula is C24H16BrN3O2. The minimum Gasteiger partial charge on any atom is -0.489 e. The summed E-state index contributed by atoms with van der Waals surface area (Å²) in [6.45, 7) is 0.276. The molecule has 0 heterocycles. The Balaban J connectivity index is 1.66. The molecule has 3 aromatic carbocycles. The van der Waals surface area contributed by atoms with Crippen molar-refractivity contribution < 1.29 is 9.53 Å². The Hall–Kier alpha value is -3.87. The van der Waals surface area contributed by atoms with Crippen molar-refractivity contribution in [1.82, 2.24) is 0 Å². The number of benzene rings is 3. The van der Waals surface area contributed by atoms with Gasteiger partial charge in [0.05, 0.1) is 11.6 Å². The van der Waals surface area contributed by atoms with Gasteiger partial charge in [0, 0.05) is 15.7 Å². The topological polar surface area (TPSA) is 85.9 Å². The molecule has 0 saturated heterocycles. The predicted molar refractivity (Wildman–Crippen MR) is 118 cm³/mol. The van der Waals surface area contributed by atoms with Crippen LogP contribution in [-0.2, 0) is 11.4 Å². The van der Waals surface area contributed by atoms with Gasteiger partial charge in [0.15, 0.2) is 0 Å². The first-order valence-electron chi connectivity index (χ1n) is 8.98. The van der Waals surface area contributed by atoms with Gasteiger partial charge >= 0.3 is 0 Å². The summed E-state index contributed by atoms with van der Waals surface area (Å²) < 4.78 is 6.64. The summed E-state index contributed by atoms with van der Waals surface area (Å²) in [7, 11) is 0. The van der Waals surface area contributed by atoms with Gasteiger partial charge in [-0.1, -0.05) is 46.3 Å². The van der Waals surface area contributed by atoms with Crippen molar-refractivity contribution in [3.8, 4) is 17.9 Å². The number of amides is 1. The fourth-order valence-corrected chi connectivity index (χ4v) is 2.89. The van der Waals surface area contributed by atoms with Gasteiger partial charge in [-0.25, -0.2) is 0 Å². The number of rotatable bonds is 6. The number of ether oxygens (including phenoxy) is 1. The van der Waals surface area contributed by atoms with Gasteiger partial charge in [0.1, 0.15) is 24.0 Å². The maximum Gasteiger partial charge on any atom is 0.266 e. The molecule has 6 heteroatoms. The minimum absolute atomic E-state index is 0.00506. The molecular weight excluding hydrogens is 442 g/mol. The quantitative estimate of drug-likeness (QED) is 0.394. The smallest absolute Gasteiger partial charge is 0.266 e. The molecule has 0 radical (unpaired) electrons. The molecule has 0 aliphatic carbocycles. The van der Waals surface area contributed by atoms with E-state index in [1.807, 2.05) is 24.3 Å². The highest BCUT2D eigenvalue weighted by atomic mass is 79.9. The van der Waals surface area contributed by atoms with Gasteiger partial charge in [-0.2, -0.15) is 10.5 Å². The third kappa shape index (κ3) is 5.57. The van der Waals surface area contributed by atoms with E-state index in [4.69, 9.17) is 10.00 Å². The molecule has 0 unspecified atom stereocenters. The van der Waals surface area contributed by atoms with Gasteiger partial charge in [-0.15, -0.1) is 0 Å². The Kier molecular flexibility index (Phi) is 7.00. The third-order valence-electron chi connectivity index (χ3n) is 4.19. The number of nitrogens with one attached hydrogen (secondary N) is 1. The van der Waals surface area contributed by atoms with E-state index < -0.39 is 5.91 Å². The van der Waals surface area contributed by atoms with Crippen LogP contribution in [0.1, 0.15) is 16.7 Å². The molecule has 30 heavy (non-hydrogen) atoms. The normalized spacial score (nSPS) is 10.6. The van der Waals surface area contributed by atoms with Crippen molar-refractivity contribution in [3.05, 3.63) is 99.5 Å². The first-order chi connectivity index (χ1) is 14.6. The first-order valence-corrected chi connectivity index (χ1v) is 9.78. The highest BCUT2D eigenvalue weighted by molar-refractivity contribution is 9.10. The lowest BCUT2D eigenvalue weighted by atomic mass is 10.1. The van der Waals surface area contributed by atoms with E-state index in [-0.39, 0.29) is 12.2 Å². The summed E-state index contributed by atoms with van der Waals surface area (Å²) in [6.07, 6.45) is 1.52. The molecule has 0 aromatic heterocycles. The molecule has 146 valence electrons. The summed E-state index contributed by atoms with van der Waals surface area (Å²) >= 11 is 3.33. The van der Waals surface area contributed by atoms with E-state index in [2.05, 4.69) is 27.3 Å². The Labute approximate surface area is 183 Å². The summed E-state index contributed by atoms with van der Waals surface area (Å²) in [4.78, 5) is 12.4. The van der Waals surface area contributed by atoms with Gasteiger partial charge < -0.3 is 10.1 Å². The predicted octanol–water partition coefficient (Wildman–Crippen LogP) is 5.45. The van der Waals surface area contributed by atoms with Crippen LogP contribution >= 0.6 is 15.9 Å². The standard InChI is InChI=1S/C24H16BrN3O2/c25-21-7-9-22(10-8-21)28-24(29)20(15-27)13-17-5-11-23(12-6-17)30-16-19-4-2-1-3-18(19)14-26/h1-13H,16H2,(H,28,29)/b20-13-. The number of carbonyl (C=O) groups is 1. The van der Waals surface area contributed by atoms with Crippen LogP contribution in [0.25, 0.3) is 6.08 Å². The molecule has 0 aliphatic rings. The maximum absolute atomic E-state index is 12.4. The monoisotopic (exact) mass is 457 g/mol. The van der Waals surface area contributed by atoms with Gasteiger partial charge in [0.25, 0.3) is 5.91 Å². The largest absolute Gasteiger partial charge is 0.489 e. The van der Waals surface area contributed by atoms with E-state index in [9.17, 15) is 10.1 Å². The van der Waals surface area contributed by atoms with Crippen molar-refractivity contribution in [2.24, 2.45) is 0 Å². The summed E-state index contributed by atoms with van der Waals surface area (Å²) in [5.74, 6) is 0.144. The average molecular weight is 458 g/mol. The van der Waals surface area contributed by atoms with Gasteiger partial charge in [-0.3, -0.25) is 4.79 Å². The number of halogens is 1. The van der Waals surface area contributed by atoms with E-state index >= 15 is 0 Å². The molecule has 0 bridgehead atoms. The molecule has 1 N–H and O–H groups in total. The van der Waals surface area contributed by atoms with E-state index in [1.54, 1.807) is 54.6 Å². The molecule has 3 rings (SSSR count). The summed E-state index contributed by atoms with van der Waals surface area (Å²) in [6, 6.07) is 25.5. The number of hydrogen-bond acceptors (Lipinski definition) is 4. The maximum atomic E-state index is 12.4. The molecule has 5 nitrogen and oxygen atoms in total. The Morgan fingerprint density at radius 2 is 1.70 bits per heavy atom. The van der Waals surface area contributed by atoms with E-state index in [0.717, 1.165) is 10.0 Å². The number of nitrogens with zero attached hydrogens (tertiary/aromatic N) is 2. The molecule has 0 aliphatic heterocycles. The van der Waals surface area contributed by atoms with Crippen LogP contribution in [0.5, 0.6) is 5.75 Å². The van der Waals surface area contributed by atoms with Crippen molar-refractivity contribution >= 4 is 33.6 Å². The zero-order valence-corrected chi connectivity index (χ0v) is 17.4. The molecule has 1 amide bonds. The van der Waals surface area contributed by atoms with Crippen LogP contribution in [-0.4, -0.2) is 5.91 Å². The Morgan fingerprint density at radius 3 is 2.37 bits per heavy atom. The van der Waals surface area contributed by atoms with Gasteiger partial charge in [0.2, 0.25) is 0 Å². The lowest BCUT2D eigenvalue weighted by molar-refractivity contribution is -0.112. The van der Waals surface area contributed by atoms with Gasteiger partial charge in [-0.05, 0) is 54.1 Å². The summed E-state index contributed by atoms with van der Waals surface area (Å²) in [5.41, 5.74) is 2.68. The van der Waals surface area contributed by atoms with Crippen LogP contribution in [0.15, 0.2) is 82.8 Å². The first kappa shape index (κ1) is 20.9. The highest BCUT2D eigenvalue weighted by Gasteiger charge is 2.10. The number of nitriles is 2. The molecule has 0 saturated carbocycles. The number of hydrogen-bond donors (Lipinski definition) is 1. The van der Waals surface area contributed by atoms with Crippen molar-refractivity contribution in [2.45, 2.75) is 6.61 Å². The molecule has 0 atom stereocenters. The van der Waals surface area contributed by atoms with Crippen LogP contribution < -0.4 is 10.1 Å². The number of carbonyl (C=O) groups excluding carboxylic acids is 1. The lowest BCUT2D eigenvalue weighted by Gasteiger charge is -2.08. The summed E-state index contributed by atoms with van der Waals surface area (Å²) in [5, 5.41) is 21.2. The van der Waals surface area contributed by atoms with E-state index in [0.29, 0.717) is 22.6 Å². The van der Waals surface area contributed by atoms with Crippen molar-refractivity contribution in [2.75, 3.05) is 5.32 Å². The number of anilines is 1. The van der Waals surface area contributed by atoms with Crippen LogP contribution in [0.2, 0.25) is 0 Å². The third-order valence-corrected chi connectivity index (χ3v) is 4.72. The fraction of sp³-hybridized carbons (Fsp3) is 0.0417. The highest BCUT2D eigenvalue weighted by Crippen LogP contribution is 2.19. The second-order valence-corrected chi connectivity index (χ2v) is 7.17. The molecule has 0 fully saturated rings. The Bertz CT molecular complexity index is 1150. The lowest BCUT2D eigenvalue weighted by Crippen LogP contribution is -2.13. The average Bonchev–Trinajstić information content (AvgIpc) is 2.78. The van der Waals surface area contributed by atoms with Crippen LogP contribution in [0.3, 0.4) is 0 Å². The second kappa shape index (κ2) is 10.1. The SMILES string of the molecule is N#C/C(=C/c1ccc(OCc2ccccc2C#N)cc1)C(=O)Nc1ccc(Br)cc1. The minimum atomic E-state index is -0.478. The molecule has 3 aromatic rings.